The molecule has 1 aliphatic rings. The molecule has 1 saturated carbocycles. The SMILES string of the molecule is CCCN(C)S(=O)(=O)NCC(N)C1CC1. The van der Waals surface area contributed by atoms with E-state index in [0.29, 0.717) is 19.0 Å². The van der Waals surface area contributed by atoms with E-state index in [1.54, 1.807) is 7.05 Å². The van der Waals surface area contributed by atoms with E-state index in [0.717, 1.165) is 19.3 Å². The highest BCUT2D eigenvalue weighted by atomic mass is 32.2. The van der Waals surface area contributed by atoms with Crippen LogP contribution in [-0.2, 0) is 10.2 Å². The molecular weight excluding hydrogens is 214 g/mol. The molecule has 0 bridgehead atoms. The molecule has 0 amide bonds. The topological polar surface area (TPSA) is 75.4 Å². The van der Waals surface area contributed by atoms with Gasteiger partial charge in [0.05, 0.1) is 0 Å². The zero-order chi connectivity index (χ0) is 11.5. The van der Waals surface area contributed by atoms with Crippen molar-refractivity contribution in [2.75, 3.05) is 20.1 Å². The first-order valence-corrected chi connectivity index (χ1v) is 6.88. The van der Waals surface area contributed by atoms with Crippen LogP contribution in [0.5, 0.6) is 0 Å². The Balaban J connectivity index is 2.34. The standard InChI is InChI=1S/C9H21N3O2S/c1-3-6-12(2)15(13,14)11-7-9(10)8-4-5-8/h8-9,11H,3-7,10H2,1-2H3. The fourth-order valence-electron chi connectivity index (χ4n) is 1.44. The number of nitrogens with two attached hydrogens (primary N) is 1. The molecule has 0 radical (unpaired) electrons. The van der Waals surface area contributed by atoms with Gasteiger partial charge in [0, 0.05) is 26.2 Å². The lowest BCUT2D eigenvalue weighted by atomic mass is 10.2. The third-order valence-corrected chi connectivity index (χ3v) is 4.21. The second kappa shape index (κ2) is 5.25. The summed E-state index contributed by atoms with van der Waals surface area (Å²) in [5.74, 6) is 0.518. The Labute approximate surface area is 92.2 Å². The van der Waals surface area contributed by atoms with Crippen molar-refractivity contribution < 1.29 is 8.42 Å². The van der Waals surface area contributed by atoms with Gasteiger partial charge in [-0.1, -0.05) is 6.92 Å². The van der Waals surface area contributed by atoms with E-state index in [1.165, 1.54) is 4.31 Å². The van der Waals surface area contributed by atoms with Crippen LogP contribution in [0, 0.1) is 5.92 Å². The Bertz CT molecular complexity index is 288. The van der Waals surface area contributed by atoms with Crippen LogP contribution in [-0.4, -0.2) is 38.9 Å². The zero-order valence-electron chi connectivity index (χ0n) is 9.44. The number of nitrogens with zero attached hydrogens (tertiary/aromatic N) is 1. The third-order valence-electron chi connectivity index (χ3n) is 2.68. The number of hydrogen-bond acceptors (Lipinski definition) is 3. The first-order valence-electron chi connectivity index (χ1n) is 5.44. The van der Waals surface area contributed by atoms with Crippen molar-refractivity contribution in [2.45, 2.75) is 32.2 Å². The highest BCUT2D eigenvalue weighted by Gasteiger charge is 2.29. The van der Waals surface area contributed by atoms with Gasteiger partial charge in [0.25, 0.3) is 10.2 Å². The van der Waals surface area contributed by atoms with E-state index in [2.05, 4.69) is 4.72 Å². The van der Waals surface area contributed by atoms with Gasteiger partial charge in [-0.25, -0.2) is 4.72 Å². The van der Waals surface area contributed by atoms with Gasteiger partial charge < -0.3 is 5.73 Å². The van der Waals surface area contributed by atoms with Crippen LogP contribution in [0.15, 0.2) is 0 Å². The van der Waals surface area contributed by atoms with Crippen LogP contribution in [0.3, 0.4) is 0 Å². The molecule has 0 aromatic heterocycles. The molecule has 0 aromatic rings. The largest absolute Gasteiger partial charge is 0.326 e. The van der Waals surface area contributed by atoms with Crippen molar-refractivity contribution in [3.63, 3.8) is 0 Å². The monoisotopic (exact) mass is 235 g/mol. The van der Waals surface area contributed by atoms with Crippen molar-refractivity contribution in [1.82, 2.24) is 9.03 Å². The summed E-state index contributed by atoms with van der Waals surface area (Å²) in [5.41, 5.74) is 5.81. The van der Waals surface area contributed by atoms with E-state index in [-0.39, 0.29) is 6.04 Å². The molecule has 1 aliphatic carbocycles. The van der Waals surface area contributed by atoms with Crippen LogP contribution >= 0.6 is 0 Å². The van der Waals surface area contributed by atoms with Crippen LogP contribution in [0.25, 0.3) is 0 Å². The summed E-state index contributed by atoms with van der Waals surface area (Å²) >= 11 is 0. The van der Waals surface area contributed by atoms with Crippen molar-refractivity contribution in [3.8, 4) is 0 Å². The van der Waals surface area contributed by atoms with Gasteiger partial charge in [0.1, 0.15) is 0 Å². The van der Waals surface area contributed by atoms with E-state index in [9.17, 15) is 8.42 Å². The molecule has 15 heavy (non-hydrogen) atoms. The lowest BCUT2D eigenvalue weighted by Crippen LogP contribution is -2.44. The lowest BCUT2D eigenvalue weighted by Gasteiger charge is -2.18. The number of rotatable bonds is 7. The van der Waals surface area contributed by atoms with Crippen LogP contribution in [0.2, 0.25) is 0 Å². The Morgan fingerprint density at radius 1 is 1.53 bits per heavy atom. The highest BCUT2D eigenvalue weighted by molar-refractivity contribution is 7.87. The molecule has 1 atom stereocenters. The van der Waals surface area contributed by atoms with Crippen molar-refractivity contribution in [2.24, 2.45) is 11.7 Å². The normalized spacial score (nSPS) is 19.5. The summed E-state index contributed by atoms with van der Waals surface area (Å²) in [6.45, 7) is 2.83. The molecule has 5 nitrogen and oxygen atoms in total. The van der Waals surface area contributed by atoms with Crippen LogP contribution in [0.4, 0.5) is 0 Å². The Hall–Kier alpha value is -0.170. The van der Waals surface area contributed by atoms with Crippen molar-refractivity contribution >= 4 is 10.2 Å². The number of hydrogen-bond donors (Lipinski definition) is 2. The second-order valence-electron chi connectivity index (χ2n) is 4.18. The zero-order valence-corrected chi connectivity index (χ0v) is 10.3. The van der Waals surface area contributed by atoms with Gasteiger partial charge in [0.2, 0.25) is 0 Å². The molecular formula is C9H21N3O2S. The predicted octanol–water partition coefficient (Wildman–Crippen LogP) is -0.100. The maximum atomic E-state index is 11.6. The van der Waals surface area contributed by atoms with Gasteiger partial charge in [-0.2, -0.15) is 12.7 Å². The average Bonchev–Trinajstić information content (AvgIpc) is 2.98. The van der Waals surface area contributed by atoms with Gasteiger partial charge in [-0.05, 0) is 25.2 Å². The molecule has 0 saturated heterocycles. The second-order valence-corrected chi connectivity index (χ2v) is 6.04. The molecule has 90 valence electrons. The minimum absolute atomic E-state index is 0.0326. The molecule has 1 unspecified atom stereocenters. The summed E-state index contributed by atoms with van der Waals surface area (Å²) in [6, 6.07) is -0.0326. The van der Waals surface area contributed by atoms with Crippen molar-refractivity contribution in [3.05, 3.63) is 0 Å². The maximum Gasteiger partial charge on any atom is 0.279 e. The fourth-order valence-corrected chi connectivity index (χ4v) is 2.48. The van der Waals surface area contributed by atoms with Gasteiger partial charge in [-0.3, -0.25) is 0 Å². The first-order chi connectivity index (χ1) is 6.97. The minimum Gasteiger partial charge on any atom is -0.326 e. The summed E-state index contributed by atoms with van der Waals surface area (Å²) in [4.78, 5) is 0. The van der Waals surface area contributed by atoms with E-state index < -0.39 is 10.2 Å². The predicted molar refractivity (Wildman–Crippen MR) is 60.5 cm³/mol. The smallest absolute Gasteiger partial charge is 0.279 e. The molecule has 0 aromatic carbocycles. The summed E-state index contributed by atoms with van der Waals surface area (Å²) in [7, 11) is -1.74. The quantitative estimate of drug-likeness (QED) is 0.647. The molecule has 1 rings (SSSR count). The lowest BCUT2D eigenvalue weighted by molar-refractivity contribution is 0.450. The van der Waals surface area contributed by atoms with Gasteiger partial charge in [-0.15, -0.1) is 0 Å². The third kappa shape index (κ3) is 4.06. The molecule has 1 fully saturated rings. The highest BCUT2D eigenvalue weighted by Crippen LogP contribution is 2.31. The molecule has 0 heterocycles. The summed E-state index contributed by atoms with van der Waals surface area (Å²) in [6.07, 6.45) is 3.08. The summed E-state index contributed by atoms with van der Waals surface area (Å²) in [5, 5.41) is 0. The maximum absolute atomic E-state index is 11.6. The Morgan fingerprint density at radius 2 is 2.13 bits per heavy atom. The van der Waals surface area contributed by atoms with Crippen LogP contribution in [0.1, 0.15) is 26.2 Å². The van der Waals surface area contributed by atoms with Gasteiger partial charge >= 0.3 is 0 Å². The average molecular weight is 235 g/mol. The number of nitrogens with one attached hydrogen (secondary N) is 1. The van der Waals surface area contributed by atoms with E-state index in [1.807, 2.05) is 6.92 Å². The van der Waals surface area contributed by atoms with Crippen molar-refractivity contribution in [1.29, 1.82) is 0 Å². The molecule has 6 heteroatoms. The minimum atomic E-state index is -3.32. The fraction of sp³-hybridized carbons (Fsp3) is 1.00. The van der Waals surface area contributed by atoms with Gasteiger partial charge in [0.15, 0.2) is 0 Å². The van der Waals surface area contributed by atoms with Crippen LogP contribution < -0.4 is 10.5 Å². The molecule has 3 N–H and O–H groups in total. The van der Waals surface area contributed by atoms with E-state index >= 15 is 0 Å². The van der Waals surface area contributed by atoms with E-state index in [4.69, 9.17) is 5.73 Å². The first kappa shape index (κ1) is 12.9. The molecule has 0 aliphatic heterocycles. The summed E-state index contributed by atoms with van der Waals surface area (Å²) < 4.78 is 27.1. The Kier molecular flexibility index (Phi) is 4.51. The molecule has 0 spiro atoms. The Morgan fingerprint density at radius 3 is 2.60 bits per heavy atom.